The molecule has 0 saturated carbocycles. The van der Waals surface area contributed by atoms with Crippen molar-refractivity contribution in [3.05, 3.63) is 51.9 Å². The third kappa shape index (κ3) is 4.84. The molecular weight excluding hydrogens is 400 g/mol. The van der Waals surface area contributed by atoms with E-state index in [0.717, 1.165) is 28.0 Å². The molecule has 0 aliphatic heterocycles. The predicted octanol–water partition coefficient (Wildman–Crippen LogP) is 1.28. The van der Waals surface area contributed by atoms with Gasteiger partial charge in [-0.15, -0.1) is 0 Å². The van der Waals surface area contributed by atoms with Crippen LogP contribution in [0.2, 0.25) is 0 Å². The van der Waals surface area contributed by atoms with Crippen molar-refractivity contribution in [2.75, 3.05) is 13.7 Å². The lowest BCUT2D eigenvalue weighted by Crippen LogP contribution is -2.44. The third-order valence-corrected chi connectivity index (χ3v) is 5.23. The van der Waals surface area contributed by atoms with Crippen LogP contribution in [0.4, 0.5) is 0 Å². The molecule has 9 nitrogen and oxygen atoms in total. The predicted molar refractivity (Wildman–Crippen MR) is 117 cm³/mol. The molecule has 166 valence electrons. The van der Waals surface area contributed by atoms with E-state index < -0.39 is 18.1 Å². The highest BCUT2D eigenvalue weighted by Gasteiger charge is 2.22. The Balaban J connectivity index is 2.01. The van der Waals surface area contributed by atoms with Gasteiger partial charge in [-0.1, -0.05) is 6.07 Å². The summed E-state index contributed by atoms with van der Waals surface area (Å²) in [5.41, 5.74) is 3.91. The average Bonchev–Trinajstić information content (AvgIpc) is 3.07. The number of carboxylic acid groups (broad SMARTS) is 1. The Morgan fingerprint density at radius 2 is 2.06 bits per heavy atom. The van der Waals surface area contributed by atoms with Crippen LogP contribution in [0.3, 0.4) is 0 Å². The number of carboxylic acids is 1. The number of aliphatic hydroxyl groups is 1. The number of aromatic nitrogens is 3. The molecule has 31 heavy (non-hydrogen) atoms. The summed E-state index contributed by atoms with van der Waals surface area (Å²) in [4.78, 5) is 28.2. The first kappa shape index (κ1) is 22.7. The second-order valence-electron chi connectivity index (χ2n) is 7.67. The van der Waals surface area contributed by atoms with Crippen molar-refractivity contribution in [2.24, 2.45) is 7.05 Å². The lowest BCUT2D eigenvalue weighted by Gasteiger charge is -2.17. The number of benzene rings is 1. The molecule has 2 heterocycles. The second kappa shape index (κ2) is 9.42. The zero-order valence-corrected chi connectivity index (χ0v) is 18.1. The fourth-order valence-electron chi connectivity index (χ4n) is 3.61. The fourth-order valence-corrected chi connectivity index (χ4v) is 3.61. The molecule has 0 saturated heterocycles. The number of nitrogens with zero attached hydrogens (tertiary/aromatic N) is 3. The molecule has 0 amide bonds. The maximum atomic E-state index is 12.1. The molecule has 3 aromatic rings. The summed E-state index contributed by atoms with van der Waals surface area (Å²) < 4.78 is 8.85. The number of rotatable bonds is 9. The van der Waals surface area contributed by atoms with Gasteiger partial charge in [0.05, 0.1) is 23.7 Å². The topological polar surface area (TPSA) is 119 Å². The summed E-state index contributed by atoms with van der Waals surface area (Å²) in [6.07, 6.45) is 0.747. The molecule has 2 atom stereocenters. The summed E-state index contributed by atoms with van der Waals surface area (Å²) in [5, 5.41) is 21.7. The molecule has 0 bridgehead atoms. The minimum atomic E-state index is -1.10. The van der Waals surface area contributed by atoms with Crippen molar-refractivity contribution in [3.8, 4) is 11.4 Å². The van der Waals surface area contributed by atoms with Crippen LogP contribution in [0.1, 0.15) is 18.1 Å². The molecule has 3 rings (SSSR count). The summed E-state index contributed by atoms with van der Waals surface area (Å²) in [6.45, 7) is 4.58. The van der Waals surface area contributed by atoms with Gasteiger partial charge in [0.2, 0.25) is 0 Å². The van der Waals surface area contributed by atoms with Crippen molar-refractivity contribution in [2.45, 2.75) is 39.1 Å². The van der Waals surface area contributed by atoms with Crippen LogP contribution >= 0.6 is 0 Å². The van der Waals surface area contributed by atoms with E-state index in [1.54, 1.807) is 31.8 Å². The molecule has 9 heteroatoms. The normalized spacial score (nSPS) is 13.5. The zero-order valence-electron chi connectivity index (χ0n) is 18.1. The Morgan fingerprint density at radius 3 is 2.68 bits per heavy atom. The number of aryl methyl sites for hydroxylation is 2. The van der Waals surface area contributed by atoms with E-state index in [0.29, 0.717) is 18.7 Å². The van der Waals surface area contributed by atoms with Gasteiger partial charge in [0.15, 0.2) is 0 Å². The smallest absolute Gasteiger partial charge is 0.323 e. The Kier molecular flexibility index (Phi) is 6.89. The summed E-state index contributed by atoms with van der Waals surface area (Å²) in [6, 6.07) is 6.50. The summed E-state index contributed by atoms with van der Waals surface area (Å²) in [5.74, 6) is -0.379. The SMILES string of the molecule is COCCn1c(-c2cc(C)c(=O)n(C)c2)nc2cc(CNC(C(=O)O)C(C)O)ccc21. The van der Waals surface area contributed by atoms with Crippen LogP contribution in [-0.2, 0) is 29.7 Å². The Labute approximate surface area is 179 Å². The van der Waals surface area contributed by atoms with Gasteiger partial charge in [0.25, 0.3) is 5.56 Å². The van der Waals surface area contributed by atoms with E-state index >= 15 is 0 Å². The maximum absolute atomic E-state index is 12.1. The summed E-state index contributed by atoms with van der Waals surface area (Å²) >= 11 is 0. The first-order valence-electron chi connectivity index (χ1n) is 10.0. The zero-order chi connectivity index (χ0) is 22.7. The molecule has 1 aromatic carbocycles. The van der Waals surface area contributed by atoms with E-state index in [4.69, 9.17) is 9.72 Å². The maximum Gasteiger partial charge on any atom is 0.323 e. The van der Waals surface area contributed by atoms with E-state index in [9.17, 15) is 19.8 Å². The molecule has 0 aliphatic rings. The van der Waals surface area contributed by atoms with Crippen LogP contribution in [0.15, 0.2) is 35.3 Å². The number of carbonyl (C=O) groups is 1. The molecule has 3 N–H and O–H groups in total. The van der Waals surface area contributed by atoms with Crippen LogP contribution in [0.5, 0.6) is 0 Å². The minimum absolute atomic E-state index is 0.0530. The lowest BCUT2D eigenvalue weighted by atomic mass is 10.1. The molecule has 2 unspecified atom stereocenters. The third-order valence-electron chi connectivity index (χ3n) is 5.23. The first-order valence-corrected chi connectivity index (χ1v) is 10.0. The van der Waals surface area contributed by atoms with Gasteiger partial charge < -0.3 is 24.1 Å². The van der Waals surface area contributed by atoms with E-state index in [1.807, 2.05) is 28.8 Å². The number of aliphatic carboxylic acids is 1. The highest BCUT2D eigenvalue weighted by Crippen LogP contribution is 2.26. The van der Waals surface area contributed by atoms with Crippen molar-refractivity contribution < 1.29 is 19.7 Å². The van der Waals surface area contributed by atoms with Gasteiger partial charge in [-0.2, -0.15) is 0 Å². The van der Waals surface area contributed by atoms with Gasteiger partial charge in [-0.3, -0.25) is 14.9 Å². The van der Waals surface area contributed by atoms with Crippen molar-refractivity contribution in [3.63, 3.8) is 0 Å². The first-order chi connectivity index (χ1) is 14.7. The van der Waals surface area contributed by atoms with E-state index in [-0.39, 0.29) is 12.1 Å². The standard InChI is InChI=1S/C22H28N4O5/c1-13-9-16(12-25(3)21(13)28)20-24-17-10-15(11-23-19(14(2)27)22(29)30)5-6-18(17)26(20)7-8-31-4/h5-6,9-10,12,14,19,23,27H,7-8,11H2,1-4H3,(H,29,30). The summed E-state index contributed by atoms with van der Waals surface area (Å²) in [7, 11) is 3.35. The quantitative estimate of drug-likeness (QED) is 0.470. The molecular formula is C22H28N4O5. The van der Waals surface area contributed by atoms with Crippen molar-refractivity contribution in [1.82, 2.24) is 19.4 Å². The van der Waals surface area contributed by atoms with Crippen LogP contribution in [0.25, 0.3) is 22.4 Å². The number of ether oxygens (including phenoxy) is 1. The number of pyridine rings is 1. The fraction of sp³-hybridized carbons (Fsp3) is 0.409. The highest BCUT2D eigenvalue weighted by molar-refractivity contribution is 5.81. The highest BCUT2D eigenvalue weighted by atomic mass is 16.5. The van der Waals surface area contributed by atoms with Crippen LogP contribution < -0.4 is 10.9 Å². The van der Waals surface area contributed by atoms with E-state index in [2.05, 4.69) is 5.32 Å². The Morgan fingerprint density at radius 1 is 1.32 bits per heavy atom. The number of nitrogens with one attached hydrogen (secondary N) is 1. The minimum Gasteiger partial charge on any atom is -0.480 e. The van der Waals surface area contributed by atoms with Gasteiger partial charge in [0, 0.05) is 44.6 Å². The number of fused-ring (bicyclic) bond motifs is 1. The van der Waals surface area contributed by atoms with Gasteiger partial charge in [-0.25, -0.2) is 4.98 Å². The average molecular weight is 428 g/mol. The van der Waals surface area contributed by atoms with Crippen molar-refractivity contribution in [1.29, 1.82) is 0 Å². The van der Waals surface area contributed by atoms with Gasteiger partial charge >= 0.3 is 5.97 Å². The Bertz CT molecular complexity index is 1120. The molecule has 0 radical (unpaired) electrons. The largest absolute Gasteiger partial charge is 0.480 e. The number of methoxy groups -OCH3 is 1. The van der Waals surface area contributed by atoms with E-state index in [1.165, 1.54) is 6.92 Å². The van der Waals surface area contributed by atoms with Crippen molar-refractivity contribution >= 4 is 17.0 Å². The monoisotopic (exact) mass is 428 g/mol. The molecule has 2 aromatic heterocycles. The number of imidazole rings is 1. The van der Waals surface area contributed by atoms with Crippen LogP contribution in [-0.4, -0.2) is 56.2 Å². The molecule has 0 fully saturated rings. The number of hydrogen-bond acceptors (Lipinski definition) is 6. The molecule has 0 aliphatic carbocycles. The lowest BCUT2D eigenvalue weighted by molar-refractivity contribution is -0.142. The number of hydrogen-bond donors (Lipinski definition) is 3. The van der Waals surface area contributed by atoms with Gasteiger partial charge in [0.1, 0.15) is 11.9 Å². The van der Waals surface area contributed by atoms with Gasteiger partial charge in [-0.05, 0) is 37.6 Å². The number of aliphatic hydroxyl groups excluding tert-OH is 1. The molecule has 0 spiro atoms. The Hall–Kier alpha value is -3.01. The second-order valence-corrected chi connectivity index (χ2v) is 7.67. The van der Waals surface area contributed by atoms with Crippen LogP contribution in [0, 0.1) is 6.92 Å².